The molecular weight excluding hydrogens is 338 g/mol. The number of rotatable bonds is 3. The molecule has 1 heterocycles. The molecule has 4 atom stereocenters. The van der Waals surface area contributed by atoms with Gasteiger partial charge in [0.1, 0.15) is 0 Å². The van der Waals surface area contributed by atoms with Crippen molar-refractivity contribution >= 4 is 17.5 Å². The Morgan fingerprint density at radius 2 is 1.77 bits per heavy atom. The molecule has 26 heavy (non-hydrogen) atoms. The molecule has 1 saturated heterocycles. The lowest BCUT2D eigenvalue weighted by Crippen LogP contribution is -2.58. The highest BCUT2D eigenvalue weighted by Crippen LogP contribution is 2.65. The number of likely N-dealkylation sites (tertiary alicyclic amines) is 1. The van der Waals surface area contributed by atoms with Crippen LogP contribution in [0.15, 0.2) is 24.3 Å². The number of amides is 2. The molecule has 138 valence electrons. The molecule has 6 rings (SSSR count). The van der Waals surface area contributed by atoms with Gasteiger partial charge >= 0.3 is 0 Å². The average molecular weight is 360 g/mol. The molecule has 0 spiro atoms. The van der Waals surface area contributed by atoms with Gasteiger partial charge in [0.05, 0.1) is 23.2 Å². The van der Waals surface area contributed by atoms with E-state index in [2.05, 4.69) is 5.32 Å². The van der Waals surface area contributed by atoms with Gasteiger partial charge in [0.2, 0.25) is 12.2 Å². The van der Waals surface area contributed by atoms with Crippen LogP contribution in [0.1, 0.15) is 42.5 Å². The third kappa shape index (κ3) is 2.17. The zero-order valence-corrected chi connectivity index (χ0v) is 14.5. The second-order valence-corrected chi connectivity index (χ2v) is 8.55. The van der Waals surface area contributed by atoms with E-state index in [-0.39, 0.29) is 23.4 Å². The third-order valence-electron chi connectivity index (χ3n) is 7.08. The first-order chi connectivity index (χ1) is 12.5. The Kier molecular flexibility index (Phi) is 3.43. The lowest BCUT2D eigenvalue weighted by atomic mass is 9.75. The van der Waals surface area contributed by atoms with Gasteiger partial charge in [0, 0.05) is 0 Å². The van der Waals surface area contributed by atoms with E-state index in [0.29, 0.717) is 23.4 Å². The molecule has 4 bridgehead atoms. The maximum Gasteiger partial charge on any atom is 0.258 e. The smallest absolute Gasteiger partial charge is 0.258 e. The summed E-state index contributed by atoms with van der Waals surface area (Å²) in [5.74, 6) is 1.19. The predicted molar refractivity (Wildman–Crippen MR) is 91.9 cm³/mol. The normalized spacial score (nSPS) is 39.8. The monoisotopic (exact) mass is 360 g/mol. The summed E-state index contributed by atoms with van der Waals surface area (Å²) in [5, 5.41) is 2.96. The minimum Gasteiger partial charge on any atom is -0.325 e. The van der Waals surface area contributed by atoms with Crippen molar-refractivity contribution in [1.82, 2.24) is 4.90 Å². The topological polar surface area (TPSA) is 49.4 Å². The highest BCUT2D eigenvalue weighted by atomic mass is 19.2. The number of nitrogens with one attached hydrogen (secondary N) is 1. The van der Waals surface area contributed by atoms with Crippen molar-refractivity contribution in [2.75, 3.05) is 11.9 Å². The summed E-state index contributed by atoms with van der Waals surface area (Å²) >= 11 is 0. The number of carbonyl (C=O) groups is 2. The van der Waals surface area contributed by atoms with E-state index < -0.39 is 18.4 Å². The van der Waals surface area contributed by atoms with Gasteiger partial charge in [-0.15, -0.1) is 0 Å². The predicted octanol–water partition coefficient (Wildman–Crippen LogP) is 3.54. The van der Waals surface area contributed by atoms with Crippen LogP contribution >= 0.6 is 0 Å². The van der Waals surface area contributed by atoms with E-state index in [4.69, 9.17) is 0 Å². The second kappa shape index (κ2) is 5.51. The Bertz CT molecular complexity index is 769. The molecule has 5 aliphatic rings. The molecule has 0 aromatic heterocycles. The Morgan fingerprint density at radius 3 is 2.42 bits per heavy atom. The average Bonchev–Trinajstić information content (AvgIpc) is 3.04. The van der Waals surface area contributed by atoms with Gasteiger partial charge in [-0.2, -0.15) is 0 Å². The number of alkyl halides is 2. The number of nitrogens with zero attached hydrogens (tertiary/aromatic N) is 1. The van der Waals surface area contributed by atoms with E-state index in [9.17, 15) is 18.4 Å². The first-order valence-corrected chi connectivity index (χ1v) is 9.47. The molecule has 1 aromatic rings. The molecule has 6 heteroatoms. The lowest BCUT2D eigenvalue weighted by molar-refractivity contribution is -0.127. The van der Waals surface area contributed by atoms with E-state index in [1.807, 2.05) is 0 Å². The van der Waals surface area contributed by atoms with E-state index in [1.54, 1.807) is 24.3 Å². The molecule has 1 N–H and O–H groups in total. The molecule has 1 aromatic carbocycles. The van der Waals surface area contributed by atoms with Gasteiger partial charge in [-0.3, -0.25) is 9.59 Å². The van der Waals surface area contributed by atoms with Crippen LogP contribution in [-0.4, -0.2) is 35.7 Å². The Labute approximate surface area is 150 Å². The number of hydrogen-bond donors (Lipinski definition) is 1. The molecule has 0 radical (unpaired) electrons. The molecule has 4 saturated carbocycles. The number of hydrogen-bond acceptors (Lipinski definition) is 2. The summed E-state index contributed by atoms with van der Waals surface area (Å²) in [4.78, 5) is 26.6. The maximum absolute atomic E-state index is 13.6. The van der Waals surface area contributed by atoms with Crippen molar-refractivity contribution in [1.29, 1.82) is 0 Å². The molecule has 4 aliphatic carbocycles. The molecule has 4 unspecified atom stereocenters. The van der Waals surface area contributed by atoms with Crippen molar-refractivity contribution in [3.8, 4) is 0 Å². The standard InChI is InChI=1S/C20H22F2N2O2/c21-15-10-24(17(15)22)18(25)14-3-1-2-4-16(14)23-19(26)20-8-11-5-12(9-20)7-13(20)6-11/h1-4,11-13,15,17H,5-10H2,(H,23,26). The number of anilines is 1. The van der Waals surface area contributed by atoms with Gasteiger partial charge in [0.25, 0.3) is 5.91 Å². The molecule has 5 fully saturated rings. The summed E-state index contributed by atoms with van der Waals surface area (Å²) in [7, 11) is 0. The van der Waals surface area contributed by atoms with Crippen LogP contribution in [-0.2, 0) is 4.79 Å². The molecule has 4 nitrogen and oxygen atoms in total. The maximum atomic E-state index is 13.6. The zero-order valence-electron chi connectivity index (χ0n) is 14.5. The van der Waals surface area contributed by atoms with Crippen molar-refractivity contribution in [3.63, 3.8) is 0 Å². The summed E-state index contributed by atoms with van der Waals surface area (Å²) in [6.07, 6.45) is 1.89. The largest absolute Gasteiger partial charge is 0.325 e. The number of carbonyl (C=O) groups excluding carboxylic acids is 2. The zero-order chi connectivity index (χ0) is 18.1. The minimum atomic E-state index is -1.90. The molecule has 2 amide bonds. The van der Waals surface area contributed by atoms with Gasteiger partial charge in [-0.25, -0.2) is 8.78 Å². The third-order valence-corrected chi connectivity index (χ3v) is 7.08. The van der Waals surface area contributed by atoms with Crippen LogP contribution < -0.4 is 5.32 Å². The van der Waals surface area contributed by atoms with Crippen LogP contribution in [0.2, 0.25) is 0 Å². The summed E-state index contributed by atoms with van der Waals surface area (Å²) < 4.78 is 26.7. The Morgan fingerprint density at radius 1 is 1.08 bits per heavy atom. The van der Waals surface area contributed by atoms with Gasteiger partial charge < -0.3 is 10.2 Å². The minimum absolute atomic E-state index is 0.00349. The first kappa shape index (κ1) is 16.2. The van der Waals surface area contributed by atoms with Gasteiger partial charge in [0.15, 0.2) is 6.17 Å². The highest BCUT2D eigenvalue weighted by Gasteiger charge is 2.61. The fourth-order valence-electron chi connectivity index (χ4n) is 5.97. The van der Waals surface area contributed by atoms with Crippen molar-refractivity contribution in [3.05, 3.63) is 29.8 Å². The van der Waals surface area contributed by atoms with E-state index in [0.717, 1.165) is 30.6 Å². The van der Waals surface area contributed by atoms with Crippen LogP contribution in [0, 0.1) is 23.2 Å². The summed E-state index contributed by atoms with van der Waals surface area (Å²) in [6, 6.07) is 6.64. The van der Waals surface area contributed by atoms with Crippen LogP contribution in [0.5, 0.6) is 0 Å². The Hall–Kier alpha value is -1.98. The number of benzene rings is 1. The first-order valence-electron chi connectivity index (χ1n) is 9.47. The molecular formula is C20H22F2N2O2. The SMILES string of the molecule is O=C(c1ccccc1NC(=O)C12CC3CC(CC1C3)C2)N1CC(F)C1F. The van der Waals surface area contributed by atoms with E-state index in [1.165, 1.54) is 6.42 Å². The van der Waals surface area contributed by atoms with Gasteiger partial charge in [-0.1, -0.05) is 12.1 Å². The van der Waals surface area contributed by atoms with Crippen molar-refractivity contribution in [2.45, 2.75) is 44.6 Å². The van der Waals surface area contributed by atoms with Crippen molar-refractivity contribution in [2.24, 2.45) is 23.2 Å². The highest BCUT2D eigenvalue weighted by molar-refractivity contribution is 6.05. The van der Waals surface area contributed by atoms with Crippen molar-refractivity contribution < 1.29 is 18.4 Å². The van der Waals surface area contributed by atoms with Gasteiger partial charge in [-0.05, 0) is 62.0 Å². The van der Waals surface area contributed by atoms with Crippen LogP contribution in [0.25, 0.3) is 0 Å². The number of halogens is 2. The fourth-order valence-corrected chi connectivity index (χ4v) is 5.97. The quantitative estimate of drug-likeness (QED) is 0.838. The number of para-hydroxylation sites is 1. The van der Waals surface area contributed by atoms with E-state index >= 15 is 0 Å². The summed E-state index contributed by atoms with van der Waals surface area (Å²) in [5.41, 5.74) is 0.328. The fraction of sp³-hybridized carbons (Fsp3) is 0.600. The molecule has 1 aliphatic heterocycles. The Balaban J connectivity index is 1.38. The lowest BCUT2D eigenvalue weighted by Gasteiger charge is -2.38. The second-order valence-electron chi connectivity index (χ2n) is 8.55. The van der Waals surface area contributed by atoms with Crippen LogP contribution in [0.3, 0.4) is 0 Å². The van der Waals surface area contributed by atoms with Crippen LogP contribution in [0.4, 0.5) is 14.5 Å². The summed E-state index contributed by atoms with van der Waals surface area (Å²) in [6.45, 7) is -0.238.